The molecule has 0 aliphatic carbocycles. The van der Waals surface area contributed by atoms with E-state index in [4.69, 9.17) is 14.2 Å². The van der Waals surface area contributed by atoms with Crippen LogP contribution in [0.1, 0.15) is 12.8 Å². The number of rotatable bonds is 5. The van der Waals surface area contributed by atoms with Crippen molar-refractivity contribution in [2.24, 2.45) is 5.92 Å². The van der Waals surface area contributed by atoms with E-state index >= 15 is 0 Å². The number of likely N-dealkylation sites (tertiary alicyclic amines) is 1. The van der Waals surface area contributed by atoms with E-state index in [9.17, 15) is 9.59 Å². The molecule has 1 fully saturated rings. The molecule has 32 heavy (non-hydrogen) atoms. The van der Waals surface area contributed by atoms with Crippen molar-refractivity contribution in [1.29, 1.82) is 0 Å². The third-order valence-electron chi connectivity index (χ3n) is 5.96. The summed E-state index contributed by atoms with van der Waals surface area (Å²) in [5.41, 5.74) is 0.682. The van der Waals surface area contributed by atoms with Crippen molar-refractivity contribution in [2.75, 3.05) is 31.8 Å². The van der Waals surface area contributed by atoms with Crippen LogP contribution in [0.25, 0.3) is 10.8 Å². The Bertz CT molecular complexity index is 1150. The van der Waals surface area contributed by atoms with E-state index in [1.165, 1.54) is 0 Å². The van der Waals surface area contributed by atoms with Gasteiger partial charge in [0, 0.05) is 36.1 Å². The lowest BCUT2D eigenvalue weighted by Gasteiger charge is -2.31. The summed E-state index contributed by atoms with van der Waals surface area (Å²) in [7, 11) is 0. The fourth-order valence-corrected chi connectivity index (χ4v) is 4.16. The second-order valence-electron chi connectivity index (χ2n) is 7.98. The molecule has 2 aliphatic rings. The van der Waals surface area contributed by atoms with E-state index in [0.29, 0.717) is 48.9 Å². The zero-order valence-corrected chi connectivity index (χ0v) is 17.6. The van der Waals surface area contributed by atoms with E-state index < -0.39 is 0 Å². The number of hydrogen-bond donors (Lipinski definition) is 1. The third kappa shape index (κ3) is 4.19. The van der Waals surface area contributed by atoms with Gasteiger partial charge in [-0.1, -0.05) is 36.4 Å². The van der Waals surface area contributed by atoms with Crippen molar-refractivity contribution >= 4 is 28.3 Å². The largest absolute Gasteiger partial charge is 0.483 e. The molecule has 1 saturated heterocycles. The van der Waals surface area contributed by atoms with Gasteiger partial charge in [-0.05, 0) is 36.4 Å². The second kappa shape index (κ2) is 8.78. The van der Waals surface area contributed by atoms with Gasteiger partial charge in [-0.3, -0.25) is 9.59 Å². The Hall–Kier alpha value is -3.74. The van der Waals surface area contributed by atoms with E-state index in [0.717, 1.165) is 10.8 Å². The molecule has 0 saturated carbocycles. The number of carbonyl (C=O) groups excluding carboxylic acids is 2. The molecule has 7 nitrogen and oxygen atoms in total. The van der Waals surface area contributed by atoms with Gasteiger partial charge in [0.2, 0.25) is 12.7 Å². The molecule has 3 aromatic carbocycles. The van der Waals surface area contributed by atoms with Crippen LogP contribution in [0.15, 0.2) is 60.7 Å². The highest BCUT2D eigenvalue weighted by molar-refractivity contribution is 5.93. The fraction of sp³-hybridized carbons (Fsp3) is 0.280. The van der Waals surface area contributed by atoms with Crippen LogP contribution < -0.4 is 19.5 Å². The van der Waals surface area contributed by atoms with Crippen LogP contribution in [-0.2, 0) is 9.59 Å². The van der Waals surface area contributed by atoms with Crippen LogP contribution in [0, 0.1) is 5.92 Å². The summed E-state index contributed by atoms with van der Waals surface area (Å²) < 4.78 is 16.5. The molecule has 0 atom stereocenters. The molecular formula is C25H24N2O5. The van der Waals surface area contributed by atoms with Gasteiger partial charge in [-0.25, -0.2) is 0 Å². The third-order valence-corrected chi connectivity index (χ3v) is 5.96. The highest BCUT2D eigenvalue weighted by Crippen LogP contribution is 2.34. The minimum atomic E-state index is -0.136. The number of anilines is 1. The molecule has 2 aliphatic heterocycles. The molecule has 7 heteroatoms. The molecule has 1 N–H and O–H groups in total. The summed E-state index contributed by atoms with van der Waals surface area (Å²) >= 11 is 0. The Morgan fingerprint density at radius 3 is 2.62 bits per heavy atom. The normalized spacial score (nSPS) is 15.6. The number of benzene rings is 3. The minimum absolute atomic E-state index is 0.0118. The maximum Gasteiger partial charge on any atom is 0.260 e. The minimum Gasteiger partial charge on any atom is -0.483 e. The van der Waals surface area contributed by atoms with Gasteiger partial charge in [0.15, 0.2) is 18.1 Å². The fourth-order valence-electron chi connectivity index (χ4n) is 4.16. The number of nitrogens with one attached hydrogen (secondary N) is 1. The average molecular weight is 432 g/mol. The first-order chi connectivity index (χ1) is 15.7. The zero-order chi connectivity index (χ0) is 21.9. The predicted octanol–water partition coefficient (Wildman–Crippen LogP) is 3.82. The smallest absolute Gasteiger partial charge is 0.260 e. The summed E-state index contributed by atoms with van der Waals surface area (Å²) in [6, 6.07) is 19.1. The van der Waals surface area contributed by atoms with Crippen molar-refractivity contribution in [3.63, 3.8) is 0 Å². The Balaban J connectivity index is 1.12. The lowest BCUT2D eigenvalue weighted by atomic mass is 9.95. The van der Waals surface area contributed by atoms with Crippen LogP contribution in [0.4, 0.5) is 5.69 Å². The average Bonchev–Trinajstić information content (AvgIpc) is 3.30. The molecule has 0 aromatic heterocycles. The van der Waals surface area contributed by atoms with E-state index in [1.54, 1.807) is 23.1 Å². The van der Waals surface area contributed by atoms with Crippen molar-refractivity contribution in [2.45, 2.75) is 12.8 Å². The SMILES string of the molecule is O=C(Nc1ccc2c(c1)OCO2)C1CCN(C(=O)COc2cccc3ccccc23)CC1. The maximum absolute atomic E-state index is 12.7. The highest BCUT2D eigenvalue weighted by Gasteiger charge is 2.28. The van der Waals surface area contributed by atoms with Crippen molar-refractivity contribution in [3.05, 3.63) is 60.7 Å². The lowest BCUT2D eigenvalue weighted by Crippen LogP contribution is -2.43. The second-order valence-corrected chi connectivity index (χ2v) is 7.98. The summed E-state index contributed by atoms with van der Waals surface area (Å²) in [5, 5.41) is 5.01. The maximum atomic E-state index is 12.7. The van der Waals surface area contributed by atoms with Crippen molar-refractivity contribution < 1.29 is 23.8 Å². The number of fused-ring (bicyclic) bond motifs is 2. The Morgan fingerprint density at radius 1 is 0.969 bits per heavy atom. The lowest BCUT2D eigenvalue weighted by molar-refractivity contribution is -0.136. The van der Waals surface area contributed by atoms with Crippen LogP contribution in [0.2, 0.25) is 0 Å². The van der Waals surface area contributed by atoms with Gasteiger partial charge in [0.1, 0.15) is 5.75 Å². The Morgan fingerprint density at radius 2 is 1.75 bits per heavy atom. The molecule has 3 aromatic rings. The first-order valence-corrected chi connectivity index (χ1v) is 10.8. The molecule has 0 spiro atoms. The van der Waals surface area contributed by atoms with Crippen LogP contribution >= 0.6 is 0 Å². The van der Waals surface area contributed by atoms with Gasteiger partial charge in [0.05, 0.1) is 0 Å². The molecule has 0 unspecified atom stereocenters. The number of amides is 2. The molecule has 0 bridgehead atoms. The molecule has 0 radical (unpaired) electrons. The number of hydrogen-bond acceptors (Lipinski definition) is 5. The highest BCUT2D eigenvalue weighted by atomic mass is 16.7. The monoisotopic (exact) mass is 432 g/mol. The molecule has 164 valence electrons. The van der Waals surface area contributed by atoms with Gasteiger partial charge >= 0.3 is 0 Å². The quantitative estimate of drug-likeness (QED) is 0.663. The topological polar surface area (TPSA) is 77.1 Å². The van der Waals surface area contributed by atoms with E-state index in [2.05, 4.69) is 5.32 Å². The summed E-state index contributed by atoms with van der Waals surface area (Å²) in [6.45, 7) is 1.26. The summed E-state index contributed by atoms with van der Waals surface area (Å²) in [4.78, 5) is 27.1. The first kappa shape index (κ1) is 20.2. The van der Waals surface area contributed by atoms with Crippen LogP contribution in [-0.4, -0.2) is 43.2 Å². The summed E-state index contributed by atoms with van der Waals surface area (Å²) in [5.74, 6) is 1.78. The van der Waals surface area contributed by atoms with E-state index in [-0.39, 0.29) is 31.1 Å². The Labute approximate surface area is 185 Å². The molecule has 5 rings (SSSR count). The van der Waals surface area contributed by atoms with Crippen LogP contribution in [0.3, 0.4) is 0 Å². The van der Waals surface area contributed by atoms with Gasteiger partial charge < -0.3 is 24.4 Å². The number of ether oxygens (including phenoxy) is 3. The molecule has 2 heterocycles. The summed E-state index contributed by atoms with van der Waals surface area (Å²) in [6.07, 6.45) is 1.24. The number of piperidine rings is 1. The van der Waals surface area contributed by atoms with Gasteiger partial charge in [-0.2, -0.15) is 0 Å². The predicted molar refractivity (Wildman–Crippen MR) is 120 cm³/mol. The van der Waals surface area contributed by atoms with Gasteiger partial charge in [0.25, 0.3) is 5.91 Å². The van der Waals surface area contributed by atoms with Gasteiger partial charge in [-0.15, -0.1) is 0 Å². The van der Waals surface area contributed by atoms with Crippen molar-refractivity contribution in [1.82, 2.24) is 4.90 Å². The van der Waals surface area contributed by atoms with Crippen molar-refractivity contribution in [3.8, 4) is 17.2 Å². The number of nitrogens with zero attached hydrogens (tertiary/aromatic N) is 1. The zero-order valence-electron chi connectivity index (χ0n) is 17.6. The standard InChI is InChI=1S/C25H24N2O5/c28-24(15-30-21-7-3-5-17-4-1-2-6-20(17)21)27-12-10-18(11-13-27)25(29)26-19-8-9-22-23(14-19)32-16-31-22/h1-9,14,18H,10-13,15-16H2,(H,26,29). The first-order valence-electron chi connectivity index (χ1n) is 10.8. The Kier molecular flexibility index (Phi) is 5.54. The molecule has 2 amide bonds. The van der Waals surface area contributed by atoms with E-state index in [1.807, 2.05) is 42.5 Å². The number of carbonyl (C=O) groups is 2. The van der Waals surface area contributed by atoms with Crippen LogP contribution in [0.5, 0.6) is 17.2 Å². The molecular weight excluding hydrogens is 408 g/mol.